The molecule has 0 radical (unpaired) electrons. The Hall–Kier alpha value is -1.55. The lowest BCUT2D eigenvalue weighted by Crippen LogP contribution is -2.22. The Morgan fingerprint density at radius 2 is 1.89 bits per heavy atom. The van der Waals surface area contributed by atoms with Gasteiger partial charge in [-0.3, -0.25) is 4.79 Å². The fourth-order valence-corrected chi connectivity index (χ4v) is 1.58. The van der Waals surface area contributed by atoms with Crippen LogP contribution in [0.15, 0.2) is 30.3 Å². The highest BCUT2D eigenvalue weighted by Gasteiger charge is 2.25. The van der Waals surface area contributed by atoms with Crippen molar-refractivity contribution in [1.82, 2.24) is 0 Å². The lowest BCUT2D eigenvalue weighted by Gasteiger charge is -2.21. The SMILES string of the molecule is COC(=O)C1CCC1.O=C(Cl)OCc1ccccc1. The number of halogens is 1. The Balaban J connectivity index is 0.000000200. The van der Waals surface area contributed by atoms with Gasteiger partial charge in [-0.2, -0.15) is 0 Å². The number of esters is 1. The minimum atomic E-state index is -0.770. The number of benzene rings is 1. The van der Waals surface area contributed by atoms with Crippen LogP contribution in [0, 0.1) is 5.92 Å². The molecule has 0 bridgehead atoms. The van der Waals surface area contributed by atoms with Crippen LogP contribution in [0.5, 0.6) is 0 Å². The van der Waals surface area contributed by atoms with Gasteiger partial charge < -0.3 is 9.47 Å². The molecule has 1 aliphatic carbocycles. The van der Waals surface area contributed by atoms with Crippen molar-refractivity contribution in [2.75, 3.05) is 7.11 Å². The molecule has 1 aliphatic rings. The third kappa shape index (κ3) is 6.25. The van der Waals surface area contributed by atoms with E-state index < -0.39 is 5.43 Å². The van der Waals surface area contributed by atoms with E-state index in [9.17, 15) is 9.59 Å². The van der Waals surface area contributed by atoms with E-state index in [2.05, 4.69) is 9.47 Å². The van der Waals surface area contributed by atoms with Crippen molar-refractivity contribution in [1.29, 1.82) is 0 Å². The second-order valence-corrected chi connectivity index (χ2v) is 4.47. The molecular weight excluding hydrogens is 268 g/mol. The third-order valence-corrected chi connectivity index (χ3v) is 2.94. The standard InChI is InChI=1S/C8H7ClO2.C6H10O2/c9-8(10)11-6-7-4-2-1-3-5-7;1-8-6(7)5-3-2-4-5/h1-5H,6H2;5H,2-4H2,1H3. The quantitative estimate of drug-likeness (QED) is 0.629. The first-order valence-electron chi connectivity index (χ1n) is 6.07. The number of hydrogen-bond acceptors (Lipinski definition) is 4. The molecule has 0 saturated heterocycles. The van der Waals surface area contributed by atoms with Crippen molar-refractivity contribution in [3.63, 3.8) is 0 Å². The Morgan fingerprint density at radius 1 is 1.26 bits per heavy atom. The van der Waals surface area contributed by atoms with Crippen LogP contribution in [0.3, 0.4) is 0 Å². The molecule has 2 rings (SSSR count). The summed E-state index contributed by atoms with van der Waals surface area (Å²) in [5.74, 6) is 0.205. The average molecular weight is 285 g/mol. The van der Waals surface area contributed by atoms with Crippen molar-refractivity contribution < 1.29 is 19.1 Å². The normalized spacial score (nSPS) is 13.6. The van der Waals surface area contributed by atoms with Gasteiger partial charge in [0.15, 0.2) is 0 Å². The summed E-state index contributed by atoms with van der Waals surface area (Å²) in [4.78, 5) is 20.7. The summed E-state index contributed by atoms with van der Waals surface area (Å²) in [6.45, 7) is 0.239. The zero-order valence-corrected chi connectivity index (χ0v) is 11.6. The molecule has 0 atom stereocenters. The molecule has 19 heavy (non-hydrogen) atoms. The highest BCUT2D eigenvalue weighted by Crippen LogP contribution is 2.26. The van der Waals surface area contributed by atoms with E-state index in [0.29, 0.717) is 0 Å². The molecule has 0 N–H and O–H groups in total. The number of hydrogen-bond donors (Lipinski definition) is 0. The van der Waals surface area contributed by atoms with Crippen molar-refractivity contribution in [3.05, 3.63) is 35.9 Å². The fourth-order valence-electron chi connectivity index (χ4n) is 1.52. The number of rotatable bonds is 3. The van der Waals surface area contributed by atoms with Gasteiger partial charge in [-0.25, -0.2) is 4.79 Å². The van der Waals surface area contributed by atoms with E-state index in [4.69, 9.17) is 11.6 Å². The van der Waals surface area contributed by atoms with Gasteiger partial charge in [0.1, 0.15) is 6.61 Å². The summed E-state index contributed by atoms with van der Waals surface area (Å²) in [6.07, 6.45) is 3.26. The average Bonchev–Trinajstić information content (AvgIpc) is 2.36. The maximum absolute atomic E-state index is 10.6. The first-order chi connectivity index (χ1) is 9.13. The van der Waals surface area contributed by atoms with E-state index in [-0.39, 0.29) is 18.5 Å². The van der Waals surface area contributed by atoms with Crippen molar-refractivity contribution >= 4 is 23.0 Å². The summed E-state index contributed by atoms with van der Waals surface area (Å²) < 4.78 is 9.07. The van der Waals surface area contributed by atoms with Crippen LogP contribution >= 0.6 is 11.6 Å². The van der Waals surface area contributed by atoms with Crippen LogP contribution in [0.1, 0.15) is 24.8 Å². The maximum Gasteiger partial charge on any atom is 0.404 e. The van der Waals surface area contributed by atoms with Crippen LogP contribution in [-0.2, 0) is 20.9 Å². The minimum Gasteiger partial charge on any atom is -0.469 e. The Labute approximate surface area is 117 Å². The highest BCUT2D eigenvalue weighted by atomic mass is 35.5. The number of carbonyl (C=O) groups is 2. The van der Waals surface area contributed by atoms with Crippen LogP contribution < -0.4 is 0 Å². The van der Waals surface area contributed by atoms with Gasteiger partial charge in [-0.1, -0.05) is 36.8 Å². The van der Waals surface area contributed by atoms with Crippen molar-refractivity contribution in [2.45, 2.75) is 25.9 Å². The fraction of sp³-hybridized carbons (Fsp3) is 0.429. The first-order valence-corrected chi connectivity index (χ1v) is 6.45. The molecule has 1 aromatic carbocycles. The molecule has 0 amide bonds. The molecule has 1 saturated carbocycles. The summed E-state index contributed by atoms with van der Waals surface area (Å²) in [7, 11) is 1.45. The van der Waals surface area contributed by atoms with E-state index in [0.717, 1.165) is 18.4 Å². The summed E-state index contributed by atoms with van der Waals surface area (Å²) in [5, 5.41) is 0. The zero-order valence-electron chi connectivity index (χ0n) is 10.8. The topological polar surface area (TPSA) is 52.6 Å². The molecule has 0 aromatic heterocycles. The van der Waals surface area contributed by atoms with E-state index in [1.165, 1.54) is 13.5 Å². The zero-order chi connectivity index (χ0) is 14.1. The van der Waals surface area contributed by atoms with Gasteiger partial charge in [0.2, 0.25) is 0 Å². The number of carbonyl (C=O) groups excluding carboxylic acids is 2. The largest absolute Gasteiger partial charge is 0.469 e. The lowest BCUT2D eigenvalue weighted by molar-refractivity contribution is -0.148. The molecule has 0 heterocycles. The summed E-state index contributed by atoms with van der Waals surface area (Å²) in [5.41, 5.74) is 0.162. The molecular formula is C14H17ClO4. The molecule has 1 aromatic rings. The first kappa shape index (κ1) is 15.5. The third-order valence-electron chi connectivity index (χ3n) is 2.83. The van der Waals surface area contributed by atoms with Gasteiger partial charge in [0.25, 0.3) is 0 Å². The second kappa shape index (κ2) is 8.53. The van der Waals surface area contributed by atoms with E-state index in [1.807, 2.05) is 30.3 Å². The molecule has 104 valence electrons. The predicted octanol–water partition coefficient (Wildman–Crippen LogP) is 3.52. The molecule has 1 fully saturated rings. The monoisotopic (exact) mass is 284 g/mol. The maximum atomic E-state index is 10.6. The molecule has 0 spiro atoms. The van der Waals surface area contributed by atoms with E-state index in [1.54, 1.807) is 0 Å². The number of ether oxygens (including phenoxy) is 2. The van der Waals surface area contributed by atoms with Gasteiger partial charge >= 0.3 is 11.4 Å². The molecule has 0 unspecified atom stereocenters. The Morgan fingerprint density at radius 3 is 2.26 bits per heavy atom. The smallest absolute Gasteiger partial charge is 0.404 e. The summed E-state index contributed by atoms with van der Waals surface area (Å²) >= 11 is 4.97. The van der Waals surface area contributed by atoms with Crippen molar-refractivity contribution in [2.24, 2.45) is 5.92 Å². The molecule has 4 nitrogen and oxygen atoms in total. The lowest BCUT2D eigenvalue weighted by atomic mass is 9.86. The number of methoxy groups -OCH3 is 1. The Bertz CT molecular complexity index is 401. The van der Waals surface area contributed by atoms with Gasteiger partial charge in [-0.15, -0.1) is 0 Å². The van der Waals surface area contributed by atoms with Crippen molar-refractivity contribution in [3.8, 4) is 0 Å². The van der Waals surface area contributed by atoms with Gasteiger partial charge in [0.05, 0.1) is 13.0 Å². The van der Waals surface area contributed by atoms with Crippen LogP contribution in [0.4, 0.5) is 4.79 Å². The molecule has 0 aliphatic heterocycles. The van der Waals surface area contributed by atoms with Gasteiger partial charge in [0, 0.05) is 11.6 Å². The minimum absolute atomic E-state index is 0.0312. The van der Waals surface area contributed by atoms with Crippen LogP contribution in [0.25, 0.3) is 0 Å². The van der Waals surface area contributed by atoms with Crippen LogP contribution in [0.2, 0.25) is 0 Å². The predicted molar refractivity (Wildman–Crippen MR) is 71.8 cm³/mol. The Kier molecular flexibility index (Phi) is 6.97. The highest BCUT2D eigenvalue weighted by molar-refractivity contribution is 6.61. The van der Waals surface area contributed by atoms with E-state index >= 15 is 0 Å². The van der Waals surface area contributed by atoms with Crippen LogP contribution in [-0.4, -0.2) is 18.5 Å². The molecule has 5 heteroatoms. The summed E-state index contributed by atoms with van der Waals surface area (Å²) in [6, 6.07) is 9.36. The van der Waals surface area contributed by atoms with Gasteiger partial charge in [-0.05, 0) is 18.4 Å². The second-order valence-electron chi connectivity index (χ2n) is 4.16.